The lowest BCUT2D eigenvalue weighted by atomic mass is 10.1. The Morgan fingerprint density at radius 3 is 2.60 bits per heavy atom. The van der Waals surface area contributed by atoms with Crippen LogP contribution in [0.15, 0.2) is 11.1 Å². The van der Waals surface area contributed by atoms with Crippen LogP contribution in [0.5, 0.6) is 0 Å². The van der Waals surface area contributed by atoms with Crippen LogP contribution >= 0.6 is 11.8 Å². The van der Waals surface area contributed by atoms with Gasteiger partial charge < -0.3 is 5.32 Å². The summed E-state index contributed by atoms with van der Waals surface area (Å²) >= 11 is 1.49. The van der Waals surface area contributed by atoms with E-state index in [1.54, 1.807) is 0 Å². The number of aromatic nitrogens is 2. The van der Waals surface area contributed by atoms with E-state index in [9.17, 15) is 4.79 Å². The predicted molar refractivity (Wildman–Crippen MR) is 81.9 cm³/mol. The van der Waals surface area contributed by atoms with Crippen molar-refractivity contribution in [2.75, 3.05) is 5.75 Å². The van der Waals surface area contributed by atoms with Gasteiger partial charge in [-0.3, -0.25) is 4.79 Å². The molecule has 1 saturated carbocycles. The molecule has 20 heavy (non-hydrogen) atoms. The summed E-state index contributed by atoms with van der Waals surface area (Å²) in [6.07, 6.45) is 7.34. The largest absolute Gasteiger partial charge is 0.353 e. The Morgan fingerprint density at radius 2 is 1.95 bits per heavy atom. The van der Waals surface area contributed by atoms with Gasteiger partial charge in [0.15, 0.2) is 0 Å². The number of hydrogen-bond acceptors (Lipinski definition) is 4. The standard InChI is InChI=1S/C15H23N3OS/c1-11-9-15(17-12(2)16-11)20-10-14(19)18-13-7-5-3-4-6-8-13/h9,13H,3-8,10H2,1-2H3,(H,18,19). The summed E-state index contributed by atoms with van der Waals surface area (Å²) in [5.74, 6) is 1.32. The Labute approximate surface area is 125 Å². The molecular formula is C15H23N3OS. The first kappa shape index (κ1) is 15.3. The zero-order valence-electron chi connectivity index (χ0n) is 12.3. The summed E-state index contributed by atoms with van der Waals surface area (Å²) in [4.78, 5) is 20.6. The van der Waals surface area contributed by atoms with Crippen LogP contribution in [0.2, 0.25) is 0 Å². The lowest BCUT2D eigenvalue weighted by Crippen LogP contribution is -2.35. The lowest BCUT2D eigenvalue weighted by molar-refractivity contribution is -0.119. The molecule has 1 aromatic rings. The van der Waals surface area contributed by atoms with Crippen molar-refractivity contribution in [2.45, 2.75) is 63.4 Å². The topological polar surface area (TPSA) is 54.9 Å². The number of rotatable bonds is 4. The van der Waals surface area contributed by atoms with Crippen LogP contribution in [0.3, 0.4) is 0 Å². The van der Waals surface area contributed by atoms with Gasteiger partial charge >= 0.3 is 0 Å². The van der Waals surface area contributed by atoms with Crippen molar-refractivity contribution in [3.63, 3.8) is 0 Å². The number of carbonyl (C=O) groups is 1. The molecule has 1 aliphatic carbocycles. The molecule has 1 N–H and O–H groups in total. The van der Waals surface area contributed by atoms with E-state index < -0.39 is 0 Å². The third kappa shape index (κ3) is 5.12. The Kier molecular flexibility index (Phi) is 5.83. The number of amides is 1. The Bertz CT molecular complexity index is 436. The van der Waals surface area contributed by atoms with Crippen LogP contribution in [0, 0.1) is 13.8 Å². The van der Waals surface area contributed by atoms with Crippen molar-refractivity contribution in [1.82, 2.24) is 15.3 Å². The second-order valence-electron chi connectivity index (χ2n) is 5.44. The van der Waals surface area contributed by atoms with E-state index in [2.05, 4.69) is 15.3 Å². The fourth-order valence-electron chi connectivity index (χ4n) is 2.59. The molecule has 1 aromatic heterocycles. The number of aryl methyl sites for hydroxylation is 2. The van der Waals surface area contributed by atoms with Crippen molar-refractivity contribution in [1.29, 1.82) is 0 Å². The molecule has 110 valence electrons. The van der Waals surface area contributed by atoms with E-state index in [1.165, 1.54) is 37.4 Å². The van der Waals surface area contributed by atoms with Crippen molar-refractivity contribution >= 4 is 17.7 Å². The number of carbonyl (C=O) groups excluding carboxylic acids is 1. The van der Waals surface area contributed by atoms with Crippen LogP contribution in [-0.2, 0) is 4.79 Å². The SMILES string of the molecule is Cc1cc(SCC(=O)NC2CCCCCC2)nc(C)n1. The highest BCUT2D eigenvalue weighted by Crippen LogP contribution is 2.19. The van der Waals surface area contributed by atoms with Gasteiger partial charge in [-0.15, -0.1) is 0 Å². The van der Waals surface area contributed by atoms with Crippen LogP contribution in [0.4, 0.5) is 0 Å². The zero-order valence-corrected chi connectivity index (χ0v) is 13.1. The summed E-state index contributed by atoms with van der Waals surface area (Å²) in [6, 6.07) is 2.30. The summed E-state index contributed by atoms with van der Waals surface area (Å²) < 4.78 is 0. The molecule has 1 heterocycles. The van der Waals surface area contributed by atoms with Gasteiger partial charge in [0, 0.05) is 11.7 Å². The fraction of sp³-hybridized carbons (Fsp3) is 0.667. The van der Waals surface area contributed by atoms with Gasteiger partial charge in [-0.2, -0.15) is 0 Å². The fourth-order valence-corrected chi connectivity index (χ4v) is 3.40. The molecule has 4 nitrogen and oxygen atoms in total. The van der Waals surface area contributed by atoms with Crippen molar-refractivity contribution < 1.29 is 4.79 Å². The number of nitrogens with zero attached hydrogens (tertiary/aromatic N) is 2. The summed E-state index contributed by atoms with van der Waals surface area (Å²) in [5, 5.41) is 4.04. The van der Waals surface area contributed by atoms with E-state index in [1.807, 2.05) is 19.9 Å². The quantitative estimate of drug-likeness (QED) is 0.527. The maximum Gasteiger partial charge on any atom is 0.230 e. The second kappa shape index (κ2) is 7.62. The molecule has 0 atom stereocenters. The Hall–Kier alpha value is -1.10. The van der Waals surface area contributed by atoms with Crippen LogP contribution in [0.1, 0.15) is 50.0 Å². The minimum atomic E-state index is 0.121. The first-order valence-electron chi connectivity index (χ1n) is 7.38. The lowest BCUT2D eigenvalue weighted by Gasteiger charge is -2.15. The smallest absolute Gasteiger partial charge is 0.230 e. The Balaban J connectivity index is 1.79. The van der Waals surface area contributed by atoms with Gasteiger partial charge in [-0.25, -0.2) is 9.97 Å². The number of nitrogens with one attached hydrogen (secondary N) is 1. The van der Waals surface area contributed by atoms with E-state index in [0.717, 1.165) is 29.4 Å². The third-order valence-electron chi connectivity index (χ3n) is 3.51. The maximum atomic E-state index is 12.0. The monoisotopic (exact) mass is 293 g/mol. The maximum absolute atomic E-state index is 12.0. The second-order valence-corrected chi connectivity index (χ2v) is 6.44. The van der Waals surface area contributed by atoms with Gasteiger partial charge in [0.1, 0.15) is 10.9 Å². The van der Waals surface area contributed by atoms with Crippen molar-refractivity contribution in [2.24, 2.45) is 0 Å². The molecule has 0 spiro atoms. The van der Waals surface area contributed by atoms with E-state index in [-0.39, 0.29) is 5.91 Å². The molecular weight excluding hydrogens is 270 g/mol. The van der Waals surface area contributed by atoms with Gasteiger partial charge in [0.2, 0.25) is 5.91 Å². The van der Waals surface area contributed by atoms with Crippen molar-refractivity contribution in [3.05, 3.63) is 17.6 Å². The first-order chi connectivity index (χ1) is 9.63. The minimum Gasteiger partial charge on any atom is -0.353 e. The molecule has 0 bridgehead atoms. The van der Waals surface area contributed by atoms with E-state index >= 15 is 0 Å². The average Bonchev–Trinajstić information content (AvgIpc) is 2.64. The van der Waals surface area contributed by atoms with Crippen LogP contribution in [0.25, 0.3) is 0 Å². The third-order valence-corrected chi connectivity index (χ3v) is 4.43. The molecule has 1 aliphatic rings. The van der Waals surface area contributed by atoms with Gasteiger partial charge in [0.25, 0.3) is 0 Å². The first-order valence-corrected chi connectivity index (χ1v) is 8.36. The minimum absolute atomic E-state index is 0.121. The highest BCUT2D eigenvalue weighted by Gasteiger charge is 2.14. The summed E-state index contributed by atoms with van der Waals surface area (Å²) in [5.41, 5.74) is 0.948. The highest BCUT2D eigenvalue weighted by molar-refractivity contribution is 7.99. The predicted octanol–water partition coefficient (Wildman–Crippen LogP) is 3.02. The molecule has 1 amide bonds. The molecule has 0 saturated heterocycles. The highest BCUT2D eigenvalue weighted by atomic mass is 32.2. The average molecular weight is 293 g/mol. The van der Waals surface area contributed by atoms with Gasteiger partial charge in [0.05, 0.1) is 5.75 Å². The molecule has 1 fully saturated rings. The molecule has 0 unspecified atom stereocenters. The molecule has 2 rings (SSSR count). The molecule has 5 heteroatoms. The van der Waals surface area contributed by atoms with Gasteiger partial charge in [-0.1, -0.05) is 37.4 Å². The van der Waals surface area contributed by atoms with Gasteiger partial charge in [-0.05, 0) is 32.8 Å². The van der Waals surface area contributed by atoms with Crippen LogP contribution in [-0.4, -0.2) is 27.7 Å². The van der Waals surface area contributed by atoms with Crippen LogP contribution < -0.4 is 5.32 Å². The normalized spacial score (nSPS) is 16.7. The summed E-state index contributed by atoms with van der Waals surface area (Å²) in [6.45, 7) is 3.83. The summed E-state index contributed by atoms with van der Waals surface area (Å²) in [7, 11) is 0. The van der Waals surface area contributed by atoms with Crippen molar-refractivity contribution in [3.8, 4) is 0 Å². The number of thioether (sulfide) groups is 1. The Morgan fingerprint density at radius 1 is 1.25 bits per heavy atom. The molecule has 0 aromatic carbocycles. The van der Waals surface area contributed by atoms with E-state index in [4.69, 9.17) is 0 Å². The van der Waals surface area contributed by atoms with E-state index in [0.29, 0.717) is 11.8 Å². The molecule has 0 radical (unpaired) electrons. The number of hydrogen-bond donors (Lipinski definition) is 1. The molecule has 0 aliphatic heterocycles. The zero-order chi connectivity index (χ0) is 14.4.